The molecule has 0 radical (unpaired) electrons. The van der Waals surface area contributed by atoms with Crippen LogP contribution in [-0.2, 0) is 7.05 Å². The summed E-state index contributed by atoms with van der Waals surface area (Å²) in [6.07, 6.45) is 1.54. The zero-order valence-corrected chi connectivity index (χ0v) is 14.9. The number of carbonyl (C=O) groups is 1. The first-order valence-electron chi connectivity index (χ1n) is 8.98. The van der Waals surface area contributed by atoms with Gasteiger partial charge in [-0.15, -0.1) is 0 Å². The zero-order valence-electron chi connectivity index (χ0n) is 14.9. The number of aliphatic hydroxyl groups excluding tert-OH is 1. The molecule has 1 aromatic carbocycles. The lowest BCUT2D eigenvalue weighted by Gasteiger charge is -2.37. The normalized spacial score (nSPS) is 25.8. The van der Waals surface area contributed by atoms with Gasteiger partial charge in [0.1, 0.15) is 0 Å². The minimum atomic E-state index is -0.467. The molecule has 0 saturated carbocycles. The molecule has 1 amide bonds. The average molecular weight is 342 g/mol. The van der Waals surface area contributed by atoms with Gasteiger partial charge in [0.05, 0.1) is 12.1 Å². The highest BCUT2D eigenvalue weighted by Crippen LogP contribution is 2.22. The molecule has 25 heavy (non-hydrogen) atoms. The van der Waals surface area contributed by atoms with Crippen molar-refractivity contribution >= 4 is 16.8 Å². The Morgan fingerprint density at radius 1 is 1.08 bits per heavy atom. The van der Waals surface area contributed by atoms with Crippen LogP contribution in [0.2, 0.25) is 0 Å². The minimum absolute atomic E-state index is 0.0128. The molecule has 3 heterocycles. The van der Waals surface area contributed by atoms with Crippen molar-refractivity contribution in [1.29, 1.82) is 0 Å². The molecule has 1 aromatic heterocycles. The van der Waals surface area contributed by atoms with Gasteiger partial charge in [0.25, 0.3) is 5.91 Å². The summed E-state index contributed by atoms with van der Waals surface area (Å²) in [5.41, 5.74) is 1.75. The molecule has 2 atom stereocenters. The molecular formula is C19H26N4O2. The average Bonchev–Trinajstić information content (AvgIpc) is 3.18. The predicted molar refractivity (Wildman–Crippen MR) is 97.7 cm³/mol. The van der Waals surface area contributed by atoms with Crippen LogP contribution in [0, 0.1) is 0 Å². The summed E-state index contributed by atoms with van der Waals surface area (Å²) in [5.74, 6) is 0.0128. The van der Waals surface area contributed by atoms with Crippen molar-refractivity contribution in [3.8, 4) is 0 Å². The number of benzene rings is 1. The molecule has 2 aliphatic heterocycles. The molecule has 0 spiro atoms. The second-order valence-corrected chi connectivity index (χ2v) is 7.38. The van der Waals surface area contributed by atoms with Gasteiger partial charge in [0.2, 0.25) is 0 Å². The Morgan fingerprint density at radius 3 is 2.60 bits per heavy atom. The van der Waals surface area contributed by atoms with Gasteiger partial charge in [0.15, 0.2) is 0 Å². The van der Waals surface area contributed by atoms with E-state index in [4.69, 9.17) is 0 Å². The maximum atomic E-state index is 12.9. The van der Waals surface area contributed by atoms with E-state index in [-0.39, 0.29) is 11.9 Å². The molecule has 0 unspecified atom stereocenters. The molecule has 6 heteroatoms. The second-order valence-electron chi connectivity index (χ2n) is 7.38. The summed E-state index contributed by atoms with van der Waals surface area (Å²) in [7, 11) is 4.11. The summed E-state index contributed by atoms with van der Waals surface area (Å²) in [6, 6.07) is 7.93. The Balaban J connectivity index is 1.49. The standard InChI is InChI=1S/C19H26N4O2/c1-20-7-9-22(10-8-20)17-12-23(13-18(17)24)19(25)15-4-3-14-5-6-21(2)16(14)11-15/h3-6,11,17-18,24H,7-10,12-13H2,1-2H3/t17-,18-/m0/s1. The highest BCUT2D eigenvalue weighted by molar-refractivity contribution is 5.98. The highest BCUT2D eigenvalue weighted by atomic mass is 16.3. The Morgan fingerprint density at radius 2 is 1.84 bits per heavy atom. The number of β-amino-alcohol motifs (C(OH)–C–C–N with tert-alkyl or cyclic N) is 1. The van der Waals surface area contributed by atoms with Gasteiger partial charge in [-0.3, -0.25) is 9.69 Å². The summed E-state index contributed by atoms with van der Waals surface area (Å²) in [6.45, 7) is 4.96. The molecule has 2 aromatic rings. The number of aliphatic hydroxyl groups is 1. The van der Waals surface area contributed by atoms with E-state index in [0.717, 1.165) is 37.1 Å². The number of hydrogen-bond donors (Lipinski definition) is 1. The van der Waals surface area contributed by atoms with E-state index >= 15 is 0 Å². The quantitative estimate of drug-likeness (QED) is 0.869. The van der Waals surface area contributed by atoms with Crippen LogP contribution in [0.25, 0.3) is 10.9 Å². The fourth-order valence-corrected chi connectivity index (χ4v) is 4.03. The molecule has 2 aliphatic rings. The second kappa shape index (κ2) is 6.44. The van der Waals surface area contributed by atoms with E-state index in [2.05, 4.69) is 16.8 Å². The number of carbonyl (C=O) groups excluding carboxylic acids is 1. The van der Waals surface area contributed by atoms with Crippen molar-refractivity contribution in [2.45, 2.75) is 12.1 Å². The van der Waals surface area contributed by atoms with Crippen molar-refractivity contribution < 1.29 is 9.90 Å². The largest absolute Gasteiger partial charge is 0.390 e. The van der Waals surface area contributed by atoms with Crippen LogP contribution in [0.15, 0.2) is 30.5 Å². The number of aromatic nitrogens is 1. The lowest BCUT2D eigenvalue weighted by molar-refractivity contribution is 0.0512. The zero-order chi connectivity index (χ0) is 17.6. The van der Waals surface area contributed by atoms with E-state index in [1.807, 2.05) is 42.1 Å². The SMILES string of the molecule is CN1CCN([C@H]2CN(C(=O)c3ccc4ccn(C)c4c3)C[C@@H]2O)CC1. The first-order valence-corrected chi connectivity index (χ1v) is 8.98. The molecule has 1 N–H and O–H groups in total. The number of likely N-dealkylation sites (tertiary alicyclic amines) is 1. The maximum Gasteiger partial charge on any atom is 0.254 e. The fraction of sp³-hybridized carbons (Fsp3) is 0.526. The summed E-state index contributed by atoms with van der Waals surface area (Å²) < 4.78 is 2.03. The Bertz CT molecular complexity index is 779. The van der Waals surface area contributed by atoms with Gasteiger partial charge in [-0.1, -0.05) is 6.07 Å². The molecule has 6 nitrogen and oxygen atoms in total. The number of hydrogen-bond acceptors (Lipinski definition) is 4. The smallest absolute Gasteiger partial charge is 0.254 e. The first kappa shape index (κ1) is 16.6. The van der Waals surface area contributed by atoms with Gasteiger partial charge in [-0.25, -0.2) is 0 Å². The fourth-order valence-electron chi connectivity index (χ4n) is 4.03. The van der Waals surface area contributed by atoms with Crippen molar-refractivity contribution in [1.82, 2.24) is 19.3 Å². The van der Waals surface area contributed by atoms with Gasteiger partial charge in [0, 0.05) is 63.6 Å². The number of amides is 1. The van der Waals surface area contributed by atoms with Crippen molar-refractivity contribution in [3.63, 3.8) is 0 Å². The van der Waals surface area contributed by atoms with E-state index in [1.54, 1.807) is 4.90 Å². The predicted octanol–water partition coefficient (Wildman–Crippen LogP) is 0.611. The van der Waals surface area contributed by atoms with E-state index in [1.165, 1.54) is 0 Å². The van der Waals surface area contributed by atoms with Crippen LogP contribution in [0.3, 0.4) is 0 Å². The first-order chi connectivity index (χ1) is 12.0. The van der Waals surface area contributed by atoms with Crippen LogP contribution in [0.5, 0.6) is 0 Å². The molecule has 0 aliphatic carbocycles. The number of nitrogens with zero attached hydrogens (tertiary/aromatic N) is 4. The van der Waals surface area contributed by atoms with Crippen molar-refractivity contribution in [2.75, 3.05) is 46.3 Å². The Kier molecular flexibility index (Phi) is 4.27. The number of fused-ring (bicyclic) bond motifs is 1. The summed E-state index contributed by atoms with van der Waals surface area (Å²) in [4.78, 5) is 19.4. The molecule has 2 saturated heterocycles. The Labute approximate surface area is 148 Å². The van der Waals surface area contributed by atoms with Gasteiger partial charge in [-0.05, 0) is 30.6 Å². The number of rotatable bonds is 2. The molecule has 4 rings (SSSR count). The molecular weight excluding hydrogens is 316 g/mol. The number of likely N-dealkylation sites (N-methyl/N-ethyl adjacent to an activating group) is 1. The van der Waals surface area contributed by atoms with Gasteiger partial charge < -0.3 is 19.5 Å². The van der Waals surface area contributed by atoms with Crippen LogP contribution in [0.4, 0.5) is 0 Å². The molecule has 134 valence electrons. The highest BCUT2D eigenvalue weighted by Gasteiger charge is 2.38. The third-order valence-electron chi connectivity index (χ3n) is 5.69. The van der Waals surface area contributed by atoms with E-state index in [9.17, 15) is 9.90 Å². The topological polar surface area (TPSA) is 52.0 Å². The van der Waals surface area contributed by atoms with E-state index < -0.39 is 6.10 Å². The maximum absolute atomic E-state index is 12.9. The van der Waals surface area contributed by atoms with Crippen LogP contribution in [-0.4, -0.2) is 88.7 Å². The minimum Gasteiger partial charge on any atom is -0.390 e. The summed E-state index contributed by atoms with van der Waals surface area (Å²) in [5, 5.41) is 11.6. The number of piperazine rings is 1. The van der Waals surface area contributed by atoms with Gasteiger partial charge >= 0.3 is 0 Å². The van der Waals surface area contributed by atoms with Crippen LogP contribution < -0.4 is 0 Å². The summed E-state index contributed by atoms with van der Waals surface area (Å²) >= 11 is 0. The third kappa shape index (κ3) is 3.05. The lowest BCUT2D eigenvalue weighted by atomic mass is 10.1. The monoisotopic (exact) mass is 342 g/mol. The van der Waals surface area contributed by atoms with Crippen LogP contribution in [0.1, 0.15) is 10.4 Å². The number of aryl methyl sites for hydroxylation is 1. The third-order valence-corrected chi connectivity index (χ3v) is 5.69. The van der Waals surface area contributed by atoms with Gasteiger partial charge in [-0.2, -0.15) is 0 Å². The molecule has 2 fully saturated rings. The molecule has 0 bridgehead atoms. The Hall–Kier alpha value is -1.89. The van der Waals surface area contributed by atoms with Crippen molar-refractivity contribution in [2.24, 2.45) is 7.05 Å². The van der Waals surface area contributed by atoms with Crippen LogP contribution >= 0.6 is 0 Å². The van der Waals surface area contributed by atoms with Crippen molar-refractivity contribution in [3.05, 3.63) is 36.0 Å². The lowest BCUT2D eigenvalue weighted by Crippen LogP contribution is -2.52. The van der Waals surface area contributed by atoms with E-state index in [0.29, 0.717) is 18.7 Å².